The molecule has 1 aliphatic rings. The van der Waals surface area contributed by atoms with E-state index >= 15 is 0 Å². The first-order valence-electron chi connectivity index (χ1n) is 12.7. The molecule has 4 rings (SSSR count). The van der Waals surface area contributed by atoms with Gasteiger partial charge in [-0.05, 0) is 43.9 Å². The van der Waals surface area contributed by atoms with Crippen LogP contribution < -0.4 is 10.1 Å². The van der Waals surface area contributed by atoms with E-state index in [0.717, 1.165) is 32.1 Å². The van der Waals surface area contributed by atoms with Crippen molar-refractivity contribution in [3.8, 4) is 6.01 Å². The molecule has 37 heavy (non-hydrogen) atoms. The molecule has 1 fully saturated rings. The van der Waals surface area contributed by atoms with Crippen molar-refractivity contribution in [1.82, 2.24) is 20.2 Å². The lowest BCUT2D eigenvalue weighted by Crippen LogP contribution is -2.61. The molecule has 1 heterocycles. The number of carboxylic acid groups (broad SMARTS) is 1. The summed E-state index contributed by atoms with van der Waals surface area (Å²) >= 11 is 0. The fraction of sp³-hybridized carbons (Fsp3) is 0.379. The van der Waals surface area contributed by atoms with Crippen LogP contribution in [0.15, 0.2) is 66.7 Å². The first kappa shape index (κ1) is 26.1. The summed E-state index contributed by atoms with van der Waals surface area (Å²) in [7, 11) is 1.75. The van der Waals surface area contributed by atoms with Crippen molar-refractivity contribution >= 4 is 12.0 Å². The van der Waals surface area contributed by atoms with Crippen molar-refractivity contribution in [2.45, 2.75) is 63.6 Å². The van der Waals surface area contributed by atoms with E-state index in [2.05, 4.69) is 15.3 Å². The molecule has 1 saturated carbocycles. The molecule has 194 valence electrons. The Bertz CT molecular complexity index is 1150. The Labute approximate surface area is 217 Å². The van der Waals surface area contributed by atoms with Crippen LogP contribution in [0.25, 0.3) is 0 Å². The number of aromatic nitrogens is 2. The van der Waals surface area contributed by atoms with E-state index in [1.807, 2.05) is 26.0 Å². The Kier molecular flexibility index (Phi) is 8.06. The van der Waals surface area contributed by atoms with Crippen molar-refractivity contribution in [2.75, 3.05) is 7.05 Å². The number of carboxylic acids is 1. The van der Waals surface area contributed by atoms with Crippen molar-refractivity contribution in [3.05, 3.63) is 89.2 Å². The number of rotatable bonds is 8. The van der Waals surface area contributed by atoms with E-state index in [-0.39, 0.29) is 12.1 Å². The summed E-state index contributed by atoms with van der Waals surface area (Å²) in [5, 5.41) is 13.8. The Morgan fingerprint density at radius 3 is 1.95 bits per heavy atom. The maximum Gasteiger partial charge on any atom is 0.324 e. The van der Waals surface area contributed by atoms with E-state index in [1.54, 1.807) is 66.5 Å². The number of benzene rings is 2. The number of aryl methyl sites for hydroxylation is 2. The van der Waals surface area contributed by atoms with Crippen LogP contribution in [0.1, 0.15) is 54.6 Å². The smallest absolute Gasteiger partial charge is 0.324 e. The lowest BCUT2D eigenvalue weighted by atomic mass is 9.72. The lowest BCUT2D eigenvalue weighted by molar-refractivity contribution is -0.146. The summed E-state index contributed by atoms with van der Waals surface area (Å²) < 4.78 is 6.26. The topological polar surface area (TPSA) is 105 Å². The van der Waals surface area contributed by atoms with Crippen LogP contribution in [0.5, 0.6) is 6.01 Å². The van der Waals surface area contributed by atoms with Crippen LogP contribution in [0.4, 0.5) is 4.79 Å². The van der Waals surface area contributed by atoms with Crippen molar-refractivity contribution in [2.24, 2.45) is 0 Å². The molecule has 8 nitrogen and oxygen atoms in total. The van der Waals surface area contributed by atoms with Gasteiger partial charge < -0.3 is 20.1 Å². The SMILES string of the molecule is Cc1cc(C)nc(O[C@@H](NC(=O)N(C)C2CCCCC2)C(C(=O)O)(c2ccccc2)c2ccccc2)n1. The molecule has 0 radical (unpaired) electrons. The number of aliphatic carboxylic acids is 1. The van der Waals surface area contributed by atoms with Gasteiger partial charge in [-0.1, -0.05) is 79.9 Å². The first-order valence-corrected chi connectivity index (χ1v) is 12.7. The monoisotopic (exact) mass is 502 g/mol. The molecule has 2 aromatic carbocycles. The van der Waals surface area contributed by atoms with E-state index in [9.17, 15) is 14.7 Å². The average molecular weight is 503 g/mol. The number of ether oxygens (including phenoxy) is 1. The predicted molar refractivity (Wildman–Crippen MR) is 140 cm³/mol. The second-order valence-corrected chi connectivity index (χ2v) is 9.63. The average Bonchev–Trinajstić information content (AvgIpc) is 2.89. The summed E-state index contributed by atoms with van der Waals surface area (Å²) in [6, 6.07) is 19.1. The third-order valence-corrected chi connectivity index (χ3v) is 7.07. The zero-order valence-electron chi connectivity index (χ0n) is 21.6. The van der Waals surface area contributed by atoms with Gasteiger partial charge in [0.25, 0.3) is 0 Å². The molecular weight excluding hydrogens is 468 g/mol. The number of carbonyl (C=O) groups is 2. The second-order valence-electron chi connectivity index (χ2n) is 9.63. The Morgan fingerprint density at radius 2 is 1.46 bits per heavy atom. The lowest BCUT2D eigenvalue weighted by Gasteiger charge is -2.39. The Balaban J connectivity index is 1.85. The molecule has 0 bridgehead atoms. The van der Waals surface area contributed by atoms with Crippen molar-refractivity contribution in [3.63, 3.8) is 0 Å². The maximum absolute atomic E-state index is 13.6. The summed E-state index contributed by atoms with van der Waals surface area (Å²) in [4.78, 5) is 37.4. The zero-order chi connectivity index (χ0) is 26.4. The van der Waals surface area contributed by atoms with Gasteiger partial charge in [0.2, 0.25) is 6.23 Å². The molecule has 2 N–H and O–H groups in total. The van der Waals surface area contributed by atoms with Gasteiger partial charge in [-0.2, -0.15) is 0 Å². The number of carbonyl (C=O) groups excluding carboxylic acids is 1. The molecule has 8 heteroatoms. The Morgan fingerprint density at radius 1 is 0.946 bits per heavy atom. The van der Waals surface area contributed by atoms with Gasteiger partial charge in [-0.25, -0.2) is 14.8 Å². The molecule has 3 aromatic rings. The van der Waals surface area contributed by atoms with E-state index in [1.165, 1.54) is 0 Å². The summed E-state index contributed by atoms with van der Waals surface area (Å²) in [6.07, 6.45) is 3.76. The molecule has 2 amide bonds. The second kappa shape index (κ2) is 11.4. The molecule has 0 spiro atoms. The molecule has 1 aliphatic carbocycles. The van der Waals surface area contributed by atoms with E-state index < -0.39 is 23.6 Å². The van der Waals surface area contributed by atoms with Crippen LogP contribution in [-0.2, 0) is 10.2 Å². The maximum atomic E-state index is 13.6. The van der Waals surface area contributed by atoms with Crippen LogP contribution >= 0.6 is 0 Å². The highest BCUT2D eigenvalue weighted by Gasteiger charge is 2.52. The molecule has 1 atom stereocenters. The highest BCUT2D eigenvalue weighted by Crippen LogP contribution is 2.37. The molecular formula is C29H34N4O4. The fourth-order valence-corrected chi connectivity index (χ4v) is 5.16. The Hall–Kier alpha value is -3.94. The molecule has 0 saturated heterocycles. The largest absolute Gasteiger partial charge is 0.480 e. The fourth-order valence-electron chi connectivity index (χ4n) is 5.16. The standard InChI is InChI=1S/C29H34N4O4/c1-20-19-21(2)31-27(30-20)37-25(32-28(36)33(3)24-17-11-6-12-18-24)29(26(34)35,22-13-7-4-8-14-22)23-15-9-5-10-16-23/h4-5,7-10,13-16,19,24-25H,6,11-12,17-18H2,1-3H3,(H,32,36)(H,34,35)/t25-/m1/s1. The van der Waals surface area contributed by atoms with Gasteiger partial charge in [0.05, 0.1) is 0 Å². The predicted octanol–water partition coefficient (Wildman–Crippen LogP) is 4.84. The van der Waals surface area contributed by atoms with Crippen LogP contribution in [0.3, 0.4) is 0 Å². The highest BCUT2D eigenvalue weighted by atomic mass is 16.5. The highest BCUT2D eigenvalue weighted by molar-refractivity contribution is 5.88. The third-order valence-electron chi connectivity index (χ3n) is 7.07. The van der Waals surface area contributed by atoms with Gasteiger partial charge in [0, 0.05) is 24.5 Å². The number of nitrogens with zero attached hydrogens (tertiary/aromatic N) is 3. The summed E-state index contributed by atoms with van der Waals surface area (Å²) in [5.74, 6) is -1.17. The molecule has 1 aromatic heterocycles. The summed E-state index contributed by atoms with van der Waals surface area (Å²) in [6.45, 7) is 3.62. The number of hydrogen-bond acceptors (Lipinski definition) is 5. The van der Waals surface area contributed by atoms with Gasteiger partial charge in [0.1, 0.15) is 0 Å². The molecule has 0 aliphatic heterocycles. The third kappa shape index (κ3) is 5.58. The normalized spacial score (nSPS) is 15.0. The molecule has 0 unspecified atom stereocenters. The number of urea groups is 1. The zero-order valence-corrected chi connectivity index (χ0v) is 21.6. The van der Waals surface area contributed by atoms with E-state index in [4.69, 9.17) is 4.74 Å². The number of amides is 2. The van der Waals surface area contributed by atoms with Gasteiger partial charge >= 0.3 is 18.0 Å². The van der Waals surface area contributed by atoms with Gasteiger partial charge in [-0.3, -0.25) is 4.79 Å². The van der Waals surface area contributed by atoms with Crippen LogP contribution in [0, 0.1) is 13.8 Å². The van der Waals surface area contributed by atoms with Gasteiger partial charge in [-0.15, -0.1) is 0 Å². The van der Waals surface area contributed by atoms with Crippen molar-refractivity contribution in [1.29, 1.82) is 0 Å². The number of hydrogen-bond donors (Lipinski definition) is 2. The quantitative estimate of drug-likeness (QED) is 0.427. The minimum absolute atomic E-state index is 0.000562. The number of nitrogens with one attached hydrogen (secondary N) is 1. The first-order chi connectivity index (χ1) is 17.8. The minimum atomic E-state index is -1.79. The van der Waals surface area contributed by atoms with Crippen LogP contribution in [0.2, 0.25) is 0 Å². The minimum Gasteiger partial charge on any atom is -0.480 e. The van der Waals surface area contributed by atoms with Gasteiger partial charge in [0.15, 0.2) is 5.41 Å². The summed E-state index contributed by atoms with van der Waals surface area (Å²) in [5.41, 5.74) is 0.485. The van der Waals surface area contributed by atoms with E-state index in [0.29, 0.717) is 22.5 Å². The van der Waals surface area contributed by atoms with Crippen molar-refractivity contribution < 1.29 is 19.4 Å². The van der Waals surface area contributed by atoms with Crippen LogP contribution in [-0.4, -0.2) is 51.3 Å².